The van der Waals surface area contributed by atoms with Crippen molar-refractivity contribution in [2.75, 3.05) is 30.3 Å². The minimum absolute atomic E-state index is 0.189. The van der Waals surface area contributed by atoms with Crippen molar-refractivity contribution < 1.29 is 22.7 Å². The van der Waals surface area contributed by atoms with E-state index in [0.717, 1.165) is 16.1 Å². The molecular weight excluding hydrogens is 466 g/mol. The van der Waals surface area contributed by atoms with Crippen LogP contribution < -0.4 is 14.4 Å². The molecule has 2 aromatic rings. The highest BCUT2D eigenvalue weighted by atomic mass is 32.2. The molecule has 0 saturated heterocycles. The third-order valence-electron chi connectivity index (χ3n) is 5.38. The zero-order chi connectivity index (χ0) is 26.0. The zero-order valence-electron chi connectivity index (χ0n) is 21.2. The number of benzene rings is 2. The van der Waals surface area contributed by atoms with E-state index < -0.39 is 28.5 Å². The molecular formula is C26H37N3O5S. The van der Waals surface area contributed by atoms with Crippen molar-refractivity contribution in [1.29, 1.82) is 0 Å². The summed E-state index contributed by atoms with van der Waals surface area (Å²) in [5, 5.41) is 2.91. The lowest BCUT2D eigenvalue weighted by Gasteiger charge is -2.33. The minimum atomic E-state index is -3.77. The van der Waals surface area contributed by atoms with Gasteiger partial charge in [0, 0.05) is 13.1 Å². The van der Waals surface area contributed by atoms with E-state index in [0.29, 0.717) is 31.0 Å². The fourth-order valence-corrected chi connectivity index (χ4v) is 4.46. The van der Waals surface area contributed by atoms with Crippen LogP contribution >= 0.6 is 0 Å². The molecule has 0 aliphatic heterocycles. The molecule has 0 aliphatic rings. The van der Waals surface area contributed by atoms with Gasteiger partial charge >= 0.3 is 0 Å². The number of carbonyl (C=O) groups excluding carboxylic acids is 2. The molecule has 35 heavy (non-hydrogen) atoms. The van der Waals surface area contributed by atoms with Crippen LogP contribution in [-0.2, 0) is 26.2 Å². The Hall–Kier alpha value is -3.07. The summed E-state index contributed by atoms with van der Waals surface area (Å²) in [6.45, 7) is 8.43. The molecule has 0 aliphatic carbocycles. The van der Waals surface area contributed by atoms with Crippen LogP contribution in [0, 0.1) is 5.92 Å². The molecule has 0 aromatic heterocycles. The van der Waals surface area contributed by atoms with E-state index in [9.17, 15) is 18.0 Å². The molecule has 0 heterocycles. The van der Waals surface area contributed by atoms with Gasteiger partial charge in [0.05, 0.1) is 18.6 Å². The molecule has 8 nitrogen and oxygen atoms in total. The van der Waals surface area contributed by atoms with Gasteiger partial charge < -0.3 is 15.0 Å². The van der Waals surface area contributed by atoms with Gasteiger partial charge in [0.1, 0.15) is 18.3 Å². The minimum Gasteiger partial charge on any atom is -0.494 e. The van der Waals surface area contributed by atoms with Gasteiger partial charge in [-0.1, -0.05) is 51.1 Å². The summed E-state index contributed by atoms with van der Waals surface area (Å²) >= 11 is 0. The molecule has 0 bridgehead atoms. The van der Waals surface area contributed by atoms with E-state index >= 15 is 0 Å². The topological polar surface area (TPSA) is 96.0 Å². The molecule has 1 atom stereocenters. The first-order chi connectivity index (χ1) is 16.6. The third kappa shape index (κ3) is 8.58. The number of carbonyl (C=O) groups is 2. The van der Waals surface area contributed by atoms with E-state index in [-0.39, 0.29) is 18.4 Å². The van der Waals surface area contributed by atoms with E-state index in [2.05, 4.69) is 5.32 Å². The fraction of sp³-hybridized carbons (Fsp3) is 0.462. The standard InChI is InChI=1S/C26H37N3O5S/c1-6-24(26(31)27-17-20(3)4)28(18-21-11-9-8-10-12-21)25(30)19-29(35(5,32)33)22-13-15-23(16-14-22)34-7-2/h8-16,20,24H,6-7,17-19H2,1-5H3,(H,27,31)/t24-/m0/s1. The van der Waals surface area contributed by atoms with Crippen LogP contribution in [-0.4, -0.2) is 57.1 Å². The van der Waals surface area contributed by atoms with Gasteiger partial charge in [0.2, 0.25) is 21.8 Å². The highest BCUT2D eigenvalue weighted by molar-refractivity contribution is 7.92. The van der Waals surface area contributed by atoms with Crippen molar-refractivity contribution in [3.05, 3.63) is 60.2 Å². The molecule has 2 aromatic carbocycles. The van der Waals surface area contributed by atoms with E-state index in [1.54, 1.807) is 24.3 Å². The summed E-state index contributed by atoms with van der Waals surface area (Å²) in [5.41, 5.74) is 1.20. The van der Waals surface area contributed by atoms with Crippen molar-refractivity contribution >= 4 is 27.5 Å². The number of anilines is 1. The Morgan fingerprint density at radius 2 is 1.63 bits per heavy atom. The van der Waals surface area contributed by atoms with Gasteiger partial charge in [0.15, 0.2) is 0 Å². The summed E-state index contributed by atoms with van der Waals surface area (Å²) in [5.74, 6) is 0.155. The predicted molar refractivity (Wildman–Crippen MR) is 139 cm³/mol. The highest BCUT2D eigenvalue weighted by Gasteiger charge is 2.31. The molecule has 192 valence electrons. The molecule has 0 radical (unpaired) electrons. The summed E-state index contributed by atoms with van der Waals surface area (Å²) < 4.78 is 31.8. The number of ether oxygens (including phenoxy) is 1. The van der Waals surface area contributed by atoms with Crippen LogP contribution in [0.2, 0.25) is 0 Å². The predicted octanol–water partition coefficient (Wildman–Crippen LogP) is 3.43. The zero-order valence-corrected chi connectivity index (χ0v) is 22.0. The Kier molecular flexibility index (Phi) is 10.6. The lowest BCUT2D eigenvalue weighted by Crippen LogP contribution is -2.52. The van der Waals surface area contributed by atoms with Gasteiger partial charge in [-0.3, -0.25) is 13.9 Å². The van der Waals surface area contributed by atoms with E-state index in [1.165, 1.54) is 4.90 Å². The maximum atomic E-state index is 13.6. The number of hydrogen-bond acceptors (Lipinski definition) is 5. The number of nitrogens with one attached hydrogen (secondary N) is 1. The number of nitrogens with zero attached hydrogens (tertiary/aromatic N) is 2. The lowest BCUT2D eigenvalue weighted by atomic mass is 10.1. The largest absolute Gasteiger partial charge is 0.494 e. The first-order valence-corrected chi connectivity index (χ1v) is 13.7. The van der Waals surface area contributed by atoms with Crippen LogP contribution in [0.3, 0.4) is 0 Å². The first kappa shape index (κ1) is 28.2. The number of sulfonamides is 1. The van der Waals surface area contributed by atoms with Crippen LogP contribution in [0.1, 0.15) is 39.7 Å². The third-order valence-corrected chi connectivity index (χ3v) is 6.52. The lowest BCUT2D eigenvalue weighted by molar-refractivity contribution is -0.140. The quantitative estimate of drug-likeness (QED) is 0.452. The van der Waals surface area contributed by atoms with Crippen molar-refractivity contribution in [1.82, 2.24) is 10.2 Å². The Morgan fingerprint density at radius 1 is 1.00 bits per heavy atom. The Labute approximate surface area is 209 Å². The second-order valence-corrected chi connectivity index (χ2v) is 10.7. The number of hydrogen-bond donors (Lipinski definition) is 1. The SMILES string of the molecule is CCOc1ccc(N(CC(=O)N(Cc2ccccc2)[C@@H](CC)C(=O)NCC(C)C)S(C)(=O)=O)cc1. The van der Waals surface area contributed by atoms with Gasteiger partial charge in [-0.25, -0.2) is 8.42 Å². The molecule has 0 saturated carbocycles. The normalized spacial score (nSPS) is 12.2. The van der Waals surface area contributed by atoms with E-state index in [1.807, 2.05) is 58.0 Å². The van der Waals surface area contributed by atoms with Crippen molar-refractivity contribution in [2.24, 2.45) is 5.92 Å². The van der Waals surface area contributed by atoms with Crippen LogP contribution in [0.5, 0.6) is 5.75 Å². The second-order valence-electron chi connectivity index (χ2n) is 8.77. The average molecular weight is 504 g/mol. The molecule has 0 fully saturated rings. The first-order valence-electron chi connectivity index (χ1n) is 11.9. The van der Waals surface area contributed by atoms with Crippen LogP contribution in [0.4, 0.5) is 5.69 Å². The maximum Gasteiger partial charge on any atom is 0.244 e. The summed E-state index contributed by atoms with van der Waals surface area (Å²) in [4.78, 5) is 28.1. The fourth-order valence-electron chi connectivity index (χ4n) is 3.61. The van der Waals surface area contributed by atoms with Gasteiger partial charge in [-0.05, 0) is 49.1 Å². The van der Waals surface area contributed by atoms with E-state index in [4.69, 9.17) is 4.74 Å². The second kappa shape index (κ2) is 13.1. The van der Waals surface area contributed by atoms with Gasteiger partial charge in [-0.2, -0.15) is 0 Å². The molecule has 9 heteroatoms. The maximum absolute atomic E-state index is 13.6. The summed E-state index contributed by atoms with van der Waals surface area (Å²) in [6.07, 6.45) is 1.45. The number of amides is 2. The van der Waals surface area contributed by atoms with Crippen LogP contribution in [0.25, 0.3) is 0 Å². The molecule has 0 spiro atoms. The molecule has 2 rings (SSSR count). The summed E-state index contributed by atoms with van der Waals surface area (Å²) in [6, 6.07) is 15.2. The Balaban J connectivity index is 2.37. The van der Waals surface area contributed by atoms with Crippen molar-refractivity contribution in [3.63, 3.8) is 0 Å². The Morgan fingerprint density at radius 3 is 2.14 bits per heavy atom. The Bertz CT molecular complexity index is 1060. The summed E-state index contributed by atoms with van der Waals surface area (Å²) in [7, 11) is -3.77. The van der Waals surface area contributed by atoms with Crippen molar-refractivity contribution in [3.8, 4) is 5.75 Å². The number of rotatable bonds is 13. The van der Waals surface area contributed by atoms with Gasteiger partial charge in [-0.15, -0.1) is 0 Å². The van der Waals surface area contributed by atoms with Gasteiger partial charge in [0.25, 0.3) is 0 Å². The monoisotopic (exact) mass is 503 g/mol. The highest BCUT2D eigenvalue weighted by Crippen LogP contribution is 2.23. The van der Waals surface area contributed by atoms with Crippen LogP contribution in [0.15, 0.2) is 54.6 Å². The molecule has 1 N–H and O–H groups in total. The molecule has 0 unspecified atom stereocenters. The molecule has 2 amide bonds. The van der Waals surface area contributed by atoms with Crippen molar-refractivity contribution in [2.45, 2.75) is 46.7 Å². The average Bonchev–Trinajstić information content (AvgIpc) is 2.81. The smallest absolute Gasteiger partial charge is 0.244 e.